The summed E-state index contributed by atoms with van der Waals surface area (Å²) in [5, 5.41) is 0.465. The molecule has 0 amide bonds. The van der Waals surface area contributed by atoms with Crippen LogP contribution >= 0.6 is 11.6 Å². The van der Waals surface area contributed by atoms with E-state index in [4.69, 9.17) is 11.6 Å². The maximum absolute atomic E-state index is 12.6. The molecule has 1 aromatic carbocycles. The molecule has 5 nitrogen and oxygen atoms in total. The van der Waals surface area contributed by atoms with Gasteiger partial charge in [-0.1, -0.05) is 11.6 Å². The third-order valence-electron chi connectivity index (χ3n) is 3.52. The van der Waals surface area contributed by atoms with Gasteiger partial charge < -0.3 is 0 Å². The first-order valence-electron chi connectivity index (χ1n) is 6.08. The Balaban J connectivity index is 2.35. The molecule has 1 heterocycles. The van der Waals surface area contributed by atoms with E-state index in [1.165, 1.54) is 19.2 Å². The van der Waals surface area contributed by atoms with Crippen LogP contribution in [0, 0.1) is 6.92 Å². The third kappa shape index (κ3) is 3.00. The van der Waals surface area contributed by atoms with Crippen LogP contribution in [0.15, 0.2) is 23.1 Å². The summed E-state index contributed by atoms with van der Waals surface area (Å²) in [6, 6.07) is 4.04. The van der Waals surface area contributed by atoms with Crippen LogP contribution < -0.4 is 0 Å². The Bertz CT molecular complexity index is 728. The molecule has 1 aliphatic heterocycles. The van der Waals surface area contributed by atoms with E-state index in [0.29, 0.717) is 17.0 Å². The molecule has 1 saturated heterocycles. The maximum atomic E-state index is 12.6. The van der Waals surface area contributed by atoms with Crippen molar-refractivity contribution in [2.45, 2.75) is 24.3 Å². The van der Waals surface area contributed by atoms with Crippen molar-refractivity contribution in [1.29, 1.82) is 0 Å². The molecule has 1 atom stereocenters. The molecule has 1 fully saturated rings. The second kappa shape index (κ2) is 5.29. The van der Waals surface area contributed by atoms with Crippen LogP contribution in [0.2, 0.25) is 5.02 Å². The lowest BCUT2D eigenvalue weighted by atomic mass is 10.2. The van der Waals surface area contributed by atoms with Crippen molar-refractivity contribution in [3.05, 3.63) is 28.8 Å². The Kier molecular flexibility index (Phi) is 4.17. The minimum atomic E-state index is -3.71. The van der Waals surface area contributed by atoms with Gasteiger partial charge in [0.1, 0.15) is 0 Å². The molecule has 1 unspecified atom stereocenters. The molecule has 0 saturated carbocycles. The molecule has 1 aliphatic rings. The first kappa shape index (κ1) is 15.8. The van der Waals surface area contributed by atoms with E-state index in [0.717, 1.165) is 4.31 Å². The molecule has 20 heavy (non-hydrogen) atoms. The molecule has 0 aromatic heterocycles. The van der Waals surface area contributed by atoms with Crippen molar-refractivity contribution in [3.8, 4) is 0 Å². The van der Waals surface area contributed by atoms with E-state index >= 15 is 0 Å². The second-order valence-corrected chi connectivity index (χ2v) is 9.62. The molecule has 8 heteroatoms. The number of rotatable bonds is 3. The average molecular weight is 338 g/mol. The Hall–Kier alpha value is -0.630. The van der Waals surface area contributed by atoms with Crippen molar-refractivity contribution in [2.75, 3.05) is 18.6 Å². The van der Waals surface area contributed by atoms with E-state index in [1.54, 1.807) is 13.0 Å². The zero-order valence-electron chi connectivity index (χ0n) is 11.2. The number of nitrogens with zero attached hydrogens (tertiary/aromatic N) is 1. The highest BCUT2D eigenvalue weighted by Crippen LogP contribution is 2.26. The lowest BCUT2D eigenvalue weighted by Gasteiger charge is -2.23. The van der Waals surface area contributed by atoms with Crippen molar-refractivity contribution in [3.63, 3.8) is 0 Å². The third-order valence-corrected chi connectivity index (χ3v) is 7.57. The highest BCUT2D eigenvalue weighted by Gasteiger charge is 2.36. The highest BCUT2D eigenvalue weighted by atomic mass is 35.5. The van der Waals surface area contributed by atoms with Crippen molar-refractivity contribution < 1.29 is 16.8 Å². The van der Waals surface area contributed by atoms with Crippen molar-refractivity contribution in [1.82, 2.24) is 4.31 Å². The second-order valence-electron chi connectivity index (χ2n) is 4.99. The zero-order chi connectivity index (χ0) is 15.1. The fraction of sp³-hybridized carbons (Fsp3) is 0.500. The minimum Gasteiger partial charge on any atom is -0.229 e. The first-order chi connectivity index (χ1) is 9.13. The topological polar surface area (TPSA) is 71.5 Å². The summed E-state index contributed by atoms with van der Waals surface area (Å²) in [5.41, 5.74) is 0.546. The van der Waals surface area contributed by atoms with Crippen LogP contribution in [-0.4, -0.2) is 45.7 Å². The Morgan fingerprint density at radius 3 is 2.50 bits per heavy atom. The number of halogens is 1. The number of benzene rings is 1. The number of aryl methyl sites for hydroxylation is 1. The molecule has 0 aliphatic carbocycles. The van der Waals surface area contributed by atoms with Crippen LogP contribution in [0.25, 0.3) is 0 Å². The summed E-state index contributed by atoms with van der Waals surface area (Å²) in [7, 11) is -5.41. The van der Waals surface area contributed by atoms with Crippen LogP contribution in [0.1, 0.15) is 12.0 Å². The number of hydrogen-bond acceptors (Lipinski definition) is 4. The smallest absolute Gasteiger partial charge is 0.229 e. The van der Waals surface area contributed by atoms with Gasteiger partial charge >= 0.3 is 0 Å². The van der Waals surface area contributed by atoms with Gasteiger partial charge in [0.2, 0.25) is 10.0 Å². The lowest BCUT2D eigenvalue weighted by molar-refractivity contribution is 0.393. The molecule has 0 radical (unpaired) electrons. The lowest BCUT2D eigenvalue weighted by Crippen LogP contribution is -2.38. The van der Waals surface area contributed by atoms with E-state index in [1.807, 2.05) is 0 Å². The van der Waals surface area contributed by atoms with Crippen LogP contribution in [-0.2, 0) is 19.9 Å². The van der Waals surface area contributed by atoms with Crippen molar-refractivity contribution >= 4 is 31.5 Å². The zero-order valence-corrected chi connectivity index (χ0v) is 13.6. The molecule has 0 bridgehead atoms. The predicted molar refractivity (Wildman–Crippen MR) is 78.2 cm³/mol. The maximum Gasteiger partial charge on any atom is 0.243 e. The fourth-order valence-corrected chi connectivity index (χ4v) is 6.00. The number of sulfonamides is 1. The van der Waals surface area contributed by atoms with Crippen LogP contribution in [0.4, 0.5) is 0 Å². The summed E-state index contributed by atoms with van der Waals surface area (Å²) >= 11 is 5.82. The molecule has 2 rings (SSSR count). The van der Waals surface area contributed by atoms with Gasteiger partial charge in [-0.25, -0.2) is 16.8 Å². The summed E-state index contributed by atoms with van der Waals surface area (Å²) < 4.78 is 49.2. The molecular weight excluding hydrogens is 322 g/mol. The molecule has 0 spiro atoms. The van der Waals surface area contributed by atoms with Crippen LogP contribution in [0.5, 0.6) is 0 Å². The molecule has 0 N–H and O–H groups in total. The van der Waals surface area contributed by atoms with E-state index in [9.17, 15) is 16.8 Å². The summed E-state index contributed by atoms with van der Waals surface area (Å²) in [6.45, 7) is 1.66. The Morgan fingerprint density at radius 2 is 2.00 bits per heavy atom. The van der Waals surface area contributed by atoms with Gasteiger partial charge in [-0.05, 0) is 37.1 Å². The molecule has 1 aromatic rings. The fourth-order valence-electron chi connectivity index (χ4n) is 2.32. The van der Waals surface area contributed by atoms with Gasteiger partial charge in [-0.3, -0.25) is 0 Å². The minimum absolute atomic E-state index is 0.0388. The quantitative estimate of drug-likeness (QED) is 0.837. The summed E-state index contributed by atoms with van der Waals surface area (Å²) in [4.78, 5) is 0.161. The SMILES string of the molecule is Cc1cc(Cl)ccc1S(=O)(=O)N(C)C1CCS(=O)(=O)C1. The van der Waals surface area contributed by atoms with E-state index in [-0.39, 0.29) is 16.4 Å². The van der Waals surface area contributed by atoms with Gasteiger partial charge in [0.15, 0.2) is 9.84 Å². The number of sulfone groups is 1. The van der Waals surface area contributed by atoms with Crippen molar-refractivity contribution in [2.24, 2.45) is 0 Å². The summed E-state index contributed by atoms with van der Waals surface area (Å²) in [6.07, 6.45) is 0.338. The van der Waals surface area contributed by atoms with E-state index < -0.39 is 25.9 Å². The van der Waals surface area contributed by atoms with Gasteiger partial charge in [0.25, 0.3) is 0 Å². The molecule has 112 valence electrons. The number of hydrogen-bond donors (Lipinski definition) is 0. The standard InChI is InChI=1S/C12H16ClNO4S2/c1-9-7-10(13)3-4-12(9)20(17,18)14(2)11-5-6-19(15,16)8-11/h3-4,7,11H,5-6,8H2,1-2H3. The monoisotopic (exact) mass is 337 g/mol. The first-order valence-corrected chi connectivity index (χ1v) is 9.72. The van der Waals surface area contributed by atoms with Crippen LogP contribution in [0.3, 0.4) is 0 Å². The highest BCUT2D eigenvalue weighted by molar-refractivity contribution is 7.92. The average Bonchev–Trinajstić information content (AvgIpc) is 2.68. The van der Waals surface area contributed by atoms with Gasteiger partial charge in [0, 0.05) is 18.1 Å². The van der Waals surface area contributed by atoms with Gasteiger partial charge in [-0.2, -0.15) is 4.31 Å². The predicted octanol–water partition coefficient (Wildman–Crippen LogP) is 1.46. The molecular formula is C12H16ClNO4S2. The van der Waals surface area contributed by atoms with Gasteiger partial charge in [0.05, 0.1) is 16.4 Å². The summed E-state index contributed by atoms with van der Waals surface area (Å²) in [5.74, 6) is -0.0769. The Morgan fingerprint density at radius 1 is 1.35 bits per heavy atom. The Labute approximate surface area is 124 Å². The van der Waals surface area contributed by atoms with E-state index in [2.05, 4.69) is 0 Å². The normalized spacial score (nSPS) is 22.3. The largest absolute Gasteiger partial charge is 0.243 e. The van der Waals surface area contributed by atoms with Gasteiger partial charge in [-0.15, -0.1) is 0 Å².